The molecule has 0 saturated heterocycles. The number of thiophene rings is 2. The maximum absolute atomic E-state index is 3.78. The highest BCUT2D eigenvalue weighted by molar-refractivity contribution is 9.11. The Bertz CT molecular complexity index is 655. The van der Waals surface area contributed by atoms with Crippen molar-refractivity contribution in [2.45, 2.75) is 91.9 Å². The molecular weight excluding hydrogens is 432 g/mol. The van der Waals surface area contributed by atoms with Crippen LogP contribution in [0.2, 0.25) is 0 Å². The topological polar surface area (TPSA) is 0 Å². The smallest absolute Gasteiger partial charge is 0.0708 e. The summed E-state index contributed by atoms with van der Waals surface area (Å²) in [6.45, 7) is 9.33. The Hall–Kier alpha value is -0.120. The van der Waals surface area contributed by atoms with E-state index >= 15 is 0 Å². The molecule has 0 aliphatic rings. The molecule has 3 heteroatoms. The van der Waals surface area contributed by atoms with Gasteiger partial charge >= 0.3 is 0 Å². The zero-order valence-electron chi connectivity index (χ0n) is 17.7. The molecule has 0 fully saturated rings. The monoisotopic (exact) mass is 468 g/mol. The zero-order valence-corrected chi connectivity index (χ0v) is 20.9. The molecule has 0 saturated carbocycles. The van der Waals surface area contributed by atoms with Gasteiger partial charge in [-0.05, 0) is 69.2 Å². The number of rotatable bonds is 13. The molecule has 0 aliphatic carbocycles. The molecule has 2 unspecified atom stereocenters. The van der Waals surface area contributed by atoms with Crippen molar-refractivity contribution < 1.29 is 0 Å². The number of halogens is 1. The van der Waals surface area contributed by atoms with Crippen LogP contribution in [0.4, 0.5) is 0 Å². The van der Waals surface area contributed by atoms with Gasteiger partial charge in [0.05, 0.1) is 3.79 Å². The molecule has 0 bridgehead atoms. The van der Waals surface area contributed by atoms with Crippen molar-refractivity contribution in [3.8, 4) is 9.75 Å². The lowest BCUT2D eigenvalue weighted by Gasteiger charge is -2.16. The zero-order chi connectivity index (χ0) is 19.6. The molecule has 2 heterocycles. The fourth-order valence-electron chi connectivity index (χ4n) is 3.94. The van der Waals surface area contributed by atoms with Gasteiger partial charge in [-0.2, -0.15) is 0 Å². The van der Waals surface area contributed by atoms with Gasteiger partial charge in [-0.25, -0.2) is 0 Å². The van der Waals surface area contributed by atoms with Crippen molar-refractivity contribution in [1.29, 1.82) is 0 Å². The van der Waals surface area contributed by atoms with Gasteiger partial charge < -0.3 is 0 Å². The van der Waals surface area contributed by atoms with Gasteiger partial charge in [0.25, 0.3) is 0 Å². The second-order valence-electron chi connectivity index (χ2n) is 7.92. The Morgan fingerprint density at radius 1 is 0.852 bits per heavy atom. The molecule has 2 aromatic rings. The van der Waals surface area contributed by atoms with E-state index in [1.807, 2.05) is 22.7 Å². The molecule has 0 nitrogen and oxygen atoms in total. The SMILES string of the molecule is CCCCC(CC)Cc1ccsc1-c1sc(Br)cc1CC(CC)CCCC. The van der Waals surface area contributed by atoms with E-state index in [0.29, 0.717) is 0 Å². The highest BCUT2D eigenvalue weighted by atomic mass is 79.9. The van der Waals surface area contributed by atoms with E-state index in [-0.39, 0.29) is 0 Å². The fourth-order valence-corrected chi connectivity index (χ4v) is 6.78. The van der Waals surface area contributed by atoms with E-state index in [4.69, 9.17) is 0 Å². The Balaban J connectivity index is 2.20. The van der Waals surface area contributed by atoms with Gasteiger partial charge in [0.2, 0.25) is 0 Å². The molecule has 2 aromatic heterocycles. The minimum Gasteiger partial charge on any atom is -0.143 e. The predicted octanol–water partition coefficient (Wildman–Crippen LogP) is 9.76. The normalized spacial score (nSPS) is 13.8. The van der Waals surface area contributed by atoms with E-state index in [2.05, 4.69) is 61.1 Å². The fraction of sp³-hybridized carbons (Fsp3) is 0.667. The summed E-state index contributed by atoms with van der Waals surface area (Å²) >= 11 is 7.67. The van der Waals surface area contributed by atoms with Crippen LogP contribution in [0.25, 0.3) is 9.75 Å². The van der Waals surface area contributed by atoms with E-state index in [0.717, 1.165) is 11.8 Å². The summed E-state index contributed by atoms with van der Waals surface area (Å²) in [5.41, 5.74) is 3.15. The van der Waals surface area contributed by atoms with Crippen LogP contribution in [0.3, 0.4) is 0 Å². The third-order valence-corrected chi connectivity index (χ3v) is 8.64. The van der Waals surface area contributed by atoms with E-state index in [9.17, 15) is 0 Å². The minimum absolute atomic E-state index is 0.821. The van der Waals surface area contributed by atoms with Crippen LogP contribution in [0, 0.1) is 11.8 Å². The van der Waals surface area contributed by atoms with Gasteiger partial charge in [-0.15, -0.1) is 22.7 Å². The number of unbranched alkanes of at least 4 members (excludes halogenated alkanes) is 2. The summed E-state index contributed by atoms with van der Waals surface area (Å²) in [5, 5.41) is 2.31. The largest absolute Gasteiger partial charge is 0.143 e. The summed E-state index contributed by atoms with van der Waals surface area (Å²) in [4.78, 5) is 3.08. The van der Waals surface area contributed by atoms with Crippen molar-refractivity contribution in [1.82, 2.24) is 0 Å². The summed E-state index contributed by atoms with van der Waals surface area (Å²) in [6.07, 6.45) is 13.2. The highest BCUT2D eigenvalue weighted by Gasteiger charge is 2.19. The summed E-state index contributed by atoms with van der Waals surface area (Å²) in [6, 6.07) is 4.78. The quantitative estimate of drug-likeness (QED) is 0.274. The molecular formula is C24H37BrS2. The first-order valence-electron chi connectivity index (χ1n) is 11.0. The summed E-state index contributed by atoms with van der Waals surface area (Å²) in [5.74, 6) is 1.65. The molecule has 152 valence electrons. The highest BCUT2D eigenvalue weighted by Crippen LogP contribution is 2.42. The second-order valence-corrected chi connectivity index (χ2v) is 11.3. The third kappa shape index (κ3) is 7.01. The average molecular weight is 470 g/mol. The van der Waals surface area contributed by atoms with Gasteiger partial charge in [0, 0.05) is 9.75 Å². The predicted molar refractivity (Wildman–Crippen MR) is 129 cm³/mol. The van der Waals surface area contributed by atoms with Gasteiger partial charge in [-0.3, -0.25) is 0 Å². The maximum Gasteiger partial charge on any atom is 0.0708 e. The van der Waals surface area contributed by atoms with Gasteiger partial charge in [0.15, 0.2) is 0 Å². The lowest BCUT2D eigenvalue weighted by atomic mass is 9.90. The maximum atomic E-state index is 3.78. The van der Waals surface area contributed by atoms with Crippen molar-refractivity contribution in [3.63, 3.8) is 0 Å². The molecule has 27 heavy (non-hydrogen) atoms. The van der Waals surface area contributed by atoms with Crippen molar-refractivity contribution >= 4 is 38.6 Å². The van der Waals surface area contributed by atoms with Crippen LogP contribution in [-0.2, 0) is 12.8 Å². The molecule has 0 N–H and O–H groups in total. The molecule has 0 aromatic carbocycles. The number of hydrogen-bond donors (Lipinski definition) is 0. The summed E-state index contributed by atoms with van der Waals surface area (Å²) in [7, 11) is 0. The molecule has 0 amide bonds. The van der Waals surface area contributed by atoms with E-state index < -0.39 is 0 Å². The first-order chi connectivity index (χ1) is 13.1. The average Bonchev–Trinajstić information content (AvgIpc) is 3.27. The van der Waals surface area contributed by atoms with E-state index in [1.165, 1.54) is 72.9 Å². The van der Waals surface area contributed by atoms with Crippen LogP contribution in [0.15, 0.2) is 21.3 Å². The first kappa shape index (κ1) is 23.2. The van der Waals surface area contributed by atoms with Crippen LogP contribution in [-0.4, -0.2) is 0 Å². The van der Waals surface area contributed by atoms with Crippen LogP contribution < -0.4 is 0 Å². The van der Waals surface area contributed by atoms with Crippen molar-refractivity contribution in [2.24, 2.45) is 11.8 Å². The lowest BCUT2D eigenvalue weighted by Crippen LogP contribution is -2.05. The minimum atomic E-state index is 0.821. The Morgan fingerprint density at radius 3 is 2.00 bits per heavy atom. The lowest BCUT2D eigenvalue weighted by molar-refractivity contribution is 0.449. The second kappa shape index (κ2) is 12.4. The molecule has 0 spiro atoms. The Morgan fingerprint density at radius 2 is 1.44 bits per heavy atom. The molecule has 2 atom stereocenters. The molecule has 0 radical (unpaired) electrons. The van der Waals surface area contributed by atoms with Crippen molar-refractivity contribution in [2.75, 3.05) is 0 Å². The van der Waals surface area contributed by atoms with Gasteiger partial charge in [-0.1, -0.05) is 79.1 Å². The Labute approximate surface area is 183 Å². The van der Waals surface area contributed by atoms with Crippen LogP contribution in [0.1, 0.15) is 90.2 Å². The number of hydrogen-bond acceptors (Lipinski definition) is 2. The standard InChI is InChI=1S/C24H37BrS2/c1-5-9-11-18(7-3)15-20-13-14-26-23(20)24-21(17-22(25)27-24)16-19(8-4)12-10-6-2/h13-14,17-19H,5-12,15-16H2,1-4H3. The first-order valence-corrected chi connectivity index (χ1v) is 13.5. The van der Waals surface area contributed by atoms with Crippen LogP contribution >= 0.6 is 38.6 Å². The summed E-state index contributed by atoms with van der Waals surface area (Å²) < 4.78 is 1.29. The van der Waals surface area contributed by atoms with Crippen LogP contribution in [0.5, 0.6) is 0 Å². The van der Waals surface area contributed by atoms with Crippen molar-refractivity contribution in [3.05, 3.63) is 32.4 Å². The Kier molecular flexibility index (Phi) is 10.7. The molecule has 0 aliphatic heterocycles. The van der Waals surface area contributed by atoms with E-state index in [1.54, 1.807) is 16.0 Å². The molecule has 2 rings (SSSR count). The van der Waals surface area contributed by atoms with Gasteiger partial charge in [0.1, 0.15) is 0 Å². The third-order valence-electron chi connectivity index (χ3n) is 5.84.